The van der Waals surface area contributed by atoms with Crippen LogP contribution < -0.4 is 0 Å². The molecule has 8 heteroatoms. The Morgan fingerprint density at radius 3 is 1.95 bits per heavy atom. The van der Waals surface area contributed by atoms with E-state index < -0.39 is 36.7 Å². The minimum Gasteiger partial charge on any atom is -0.467 e. The molecule has 44 heavy (non-hydrogen) atoms. The van der Waals surface area contributed by atoms with Crippen molar-refractivity contribution in [1.82, 2.24) is 0 Å². The second-order valence-electron chi connectivity index (χ2n) is 12.1. The Labute approximate surface area is 263 Å². The summed E-state index contributed by atoms with van der Waals surface area (Å²) in [5, 5.41) is 11.3. The molecule has 8 nitrogen and oxygen atoms in total. The molecular formula is C36H52O8. The van der Waals surface area contributed by atoms with Crippen LogP contribution in [0.5, 0.6) is 0 Å². The van der Waals surface area contributed by atoms with Gasteiger partial charge in [0.15, 0.2) is 12.4 Å². The van der Waals surface area contributed by atoms with E-state index in [2.05, 4.69) is 32.9 Å². The number of hydrogen-bond acceptors (Lipinski definition) is 8. The number of rotatable bonds is 15. The molecule has 2 aliphatic heterocycles. The summed E-state index contributed by atoms with van der Waals surface area (Å²) in [5.74, 6) is -0.944. The van der Waals surface area contributed by atoms with E-state index in [1.807, 2.05) is 55.5 Å². The summed E-state index contributed by atoms with van der Waals surface area (Å²) in [5.41, 5.74) is 2.06. The van der Waals surface area contributed by atoms with Gasteiger partial charge in [-0.05, 0) is 30.4 Å². The predicted molar refractivity (Wildman–Crippen MR) is 168 cm³/mol. The molecule has 0 amide bonds. The van der Waals surface area contributed by atoms with E-state index in [1.54, 1.807) is 0 Å². The molecule has 0 saturated carbocycles. The molecule has 1 N–H and O–H groups in total. The zero-order valence-corrected chi connectivity index (χ0v) is 27.0. The number of ether oxygens (including phenoxy) is 6. The molecule has 10 unspecified atom stereocenters. The molecule has 0 aromatic heterocycles. The molecule has 2 aliphatic rings. The first-order valence-electron chi connectivity index (χ1n) is 16.4. The van der Waals surface area contributed by atoms with E-state index in [0.717, 1.165) is 43.2 Å². The maximum absolute atomic E-state index is 12.8. The van der Waals surface area contributed by atoms with Crippen LogP contribution in [0.1, 0.15) is 77.3 Å². The Hall–Kier alpha value is -2.33. The fraction of sp³-hybridized carbons (Fsp3) is 0.639. The maximum atomic E-state index is 12.8. The molecule has 2 saturated heterocycles. The fourth-order valence-corrected chi connectivity index (χ4v) is 6.50. The van der Waals surface area contributed by atoms with Gasteiger partial charge in [-0.25, -0.2) is 4.79 Å². The standard InChI is InChI=1S/C36H52O8/c1-6-9-12-21-29-24(4)31(40-22-25-17-13-10-14-18-25)33(28(8-3)42-29)43-36-27(7-2)32(30(37)34(44-36)35(38)39-5)41-23-26-19-15-11-16-20-26/h10-11,13-20,24,27-34,36-37H,6-9,12,21-23H2,1-5H3. The van der Waals surface area contributed by atoms with Crippen LogP contribution in [0.2, 0.25) is 0 Å². The van der Waals surface area contributed by atoms with Crippen molar-refractivity contribution in [3.8, 4) is 0 Å². The van der Waals surface area contributed by atoms with Crippen LogP contribution in [0, 0.1) is 11.8 Å². The van der Waals surface area contributed by atoms with Gasteiger partial charge in [-0.2, -0.15) is 0 Å². The van der Waals surface area contributed by atoms with Gasteiger partial charge in [-0.1, -0.05) is 108 Å². The number of hydrogen-bond donors (Lipinski definition) is 1. The maximum Gasteiger partial charge on any atom is 0.337 e. The lowest BCUT2D eigenvalue weighted by Crippen LogP contribution is -2.62. The SMILES string of the molecule is CCCCCC1OC(CC)C(OC2OC(C(=O)OC)C(O)C(OCc3ccccc3)C2CC)C(OCc2ccccc2)C1C. The van der Waals surface area contributed by atoms with Crippen LogP contribution in [0.4, 0.5) is 0 Å². The summed E-state index contributed by atoms with van der Waals surface area (Å²) >= 11 is 0. The summed E-state index contributed by atoms with van der Waals surface area (Å²) in [6.07, 6.45) is 0.778. The van der Waals surface area contributed by atoms with Gasteiger partial charge in [-0.15, -0.1) is 0 Å². The van der Waals surface area contributed by atoms with Gasteiger partial charge < -0.3 is 33.5 Å². The number of esters is 1. The normalized spacial score (nSPS) is 32.3. The van der Waals surface area contributed by atoms with Crippen molar-refractivity contribution >= 4 is 5.97 Å². The number of methoxy groups -OCH3 is 1. The van der Waals surface area contributed by atoms with Crippen LogP contribution in [-0.4, -0.2) is 67.2 Å². The number of unbranched alkanes of at least 4 members (excludes halogenated alkanes) is 2. The van der Waals surface area contributed by atoms with Gasteiger partial charge in [0.2, 0.25) is 0 Å². The lowest BCUT2D eigenvalue weighted by molar-refractivity contribution is -0.330. The highest BCUT2D eigenvalue weighted by atomic mass is 16.7. The molecule has 2 aromatic carbocycles. The average molecular weight is 613 g/mol. The molecule has 4 rings (SSSR count). The Morgan fingerprint density at radius 1 is 0.795 bits per heavy atom. The third-order valence-corrected chi connectivity index (χ3v) is 9.10. The van der Waals surface area contributed by atoms with E-state index in [9.17, 15) is 9.90 Å². The Balaban J connectivity index is 1.60. The summed E-state index contributed by atoms with van der Waals surface area (Å²) in [6, 6.07) is 19.9. The van der Waals surface area contributed by atoms with Gasteiger partial charge in [0.1, 0.15) is 12.2 Å². The highest BCUT2D eigenvalue weighted by molar-refractivity contribution is 5.75. The summed E-state index contributed by atoms with van der Waals surface area (Å²) < 4.78 is 37.9. The molecule has 2 fully saturated rings. The van der Waals surface area contributed by atoms with Crippen LogP contribution in [0.15, 0.2) is 60.7 Å². The fourth-order valence-electron chi connectivity index (χ4n) is 6.50. The van der Waals surface area contributed by atoms with Crippen LogP contribution in [0.3, 0.4) is 0 Å². The van der Waals surface area contributed by atoms with Crippen molar-refractivity contribution in [2.45, 2.75) is 128 Å². The molecule has 10 atom stereocenters. The Morgan fingerprint density at radius 2 is 1.41 bits per heavy atom. The van der Waals surface area contributed by atoms with Gasteiger partial charge >= 0.3 is 5.97 Å². The van der Waals surface area contributed by atoms with Gasteiger partial charge in [-0.3, -0.25) is 0 Å². The van der Waals surface area contributed by atoms with Crippen molar-refractivity contribution in [2.75, 3.05) is 7.11 Å². The molecule has 0 bridgehead atoms. The van der Waals surface area contributed by atoms with Gasteiger partial charge in [0.25, 0.3) is 0 Å². The minimum atomic E-state index is -1.25. The first-order valence-corrected chi connectivity index (χ1v) is 16.4. The molecule has 2 aromatic rings. The van der Waals surface area contributed by atoms with Gasteiger partial charge in [0.05, 0.1) is 44.7 Å². The van der Waals surface area contributed by atoms with Crippen LogP contribution >= 0.6 is 0 Å². The monoisotopic (exact) mass is 612 g/mol. The number of carbonyl (C=O) groups excluding carboxylic acids is 1. The summed E-state index contributed by atoms with van der Waals surface area (Å²) in [7, 11) is 1.29. The van der Waals surface area contributed by atoms with Crippen molar-refractivity contribution in [1.29, 1.82) is 0 Å². The van der Waals surface area contributed by atoms with E-state index in [4.69, 9.17) is 28.4 Å². The zero-order valence-electron chi connectivity index (χ0n) is 27.0. The van der Waals surface area contributed by atoms with E-state index in [-0.39, 0.29) is 36.8 Å². The molecule has 2 heterocycles. The predicted octanol–water partition coefficient (Wildman–Crippen LogP) is 6.22. The molecular weight excluding hydrogens is 560 g/mol. The van der Waals surface area contributed by atoms with E-state index in [1.165, 1.54) is 7.11 Å². The molecule has 244 valence electrons. The van der Waals surface area contributed by atoms with Crippen molar-refractivity contribution in [3.63, 3.8) is 0 Å². The number of carbonyl (C=O) groups is 1. The molecule has 0 spiro atoms. The van der Waals surface area contributed by atoms with Crippen LogP contribution in [0.25, 0.3) is 0 Å². The second-order valence-corrected chi connectivity index (χ2v) is 12.1. The number of aliphatic hydroxyl groups excluding tert-OH is 1. The topological polar surface area (TPSA) is 92.7 Å². The van der Waals surface area contributed by atoms with E-state index in [0.29, 0.717) is 13.0 Å². The number of aliphatic hydroxyl groups is 1. The van der Waals surface area contributed by atoms with Crippen molar-refractivity contribution in [2.24, 2.45) is 11.8 Å². The zero-order chi connectivity index (χ0) is 31.5. The first kappa shape index (κ1) is 34.5. The summed E-state index contributed by atoms with van der Waals surface area (Å²) in [6.45, 7) is 9.23. The lowest BCUT2D eigenvalue weighted by atomic mass is 9.84. The lowest BCUT2D eigenvalue weighted by Gasteiger charge is -2.49. The quantitative estimate of drug-likeness (QED) is 0.187. The largest absolute Gasteiger partial charge is 0.467 e. The van der Waals surface area contributed by atoms with E-state index >= 15 is 0 Å². The molecule has 0 aliphatic carbocycles. The third-order valence-electron chi connectivity index (χ3n) is 9.10. The Kier molecular flexibility index (Phi) is 13.7. The van der Waals surface area contributed by atoms with Crippen LogP contribution in [-0.2, 0) is 46.4 Å². The highest BCUT2D eigenvalue weighted by Gasteiger charge is 2.52. The second kappa shape index (κ2) is 17.4. The average Bonchev–Trinajstić information content (AvgIpc) is 3.05. The Bertz CT molecular complexity index is 1100. The van der Waals surface area contributed by atoms with Crippen molar-refractivity contribution in [3.05, 3.63) is 71.8 Å². The summed E-state index contributed by atoms with van der Waals surface area (Å²) in [4.78, 5) is 12.8. The minimum absolute atomic E-state index is 0.0490. The van der Waals surface area contributed by atoms with Gasteiger partial charge in [0, 0.05) is 11.8 Å². The number of benzene rings is 2. The highest BCUT2D eigenvalue weighted by Crippen LogP contribution is 2.39. The molecule has 0 radical (unpaired) electrons. The third kappa shape index (κ3) is 8.68. The van der Waals surface area contributed by atoms with Crippen molar-refractivity contribution < 1.29 is 38.3 Å². The smallest absolute Gasteiger partial charge is 0.337 e. The first-order chi connectivity index (χ1) is 21.4.